The maximum atomic E-state index is 11.2. The van der Waals surface area contributed by atoms with Crippen LogP contribution in [0.1, 0.15) is 21.7 Å². The van der Waals surface area contributed by atoms with Gasteiger partial charge in [0, 0.05) is 16.6 Å². The van der Waals surface area contributed by atoms with Crippen molar-refractivity contribution in [1.82, 2.24) is 9.55 Å². The van der Waals surface area contributed by atoms with E-state index in [1.165, 1.54) is 17.0 Å². The quantitative estimate of drug-likeness (QED) is 0.582. The van der Waals surface area contributed by atoms with Gasteiger partial charge in [0.25, 0.3) is 0 Å². The molecule has 0 saturated heterocycles. The van der Waals surface area contributed by atoms with E-state index in [0.717, 1.165) is 22.5 Å². The SMILES string of the molecule is Cc1ccc2c(c1)cc(-c1ccccc1)n2Cc1cccc(C(=O)O)n1. The summed E-state index contributed by atoms with van der Waals surface area (Å²) in [6.07, 6.45) is 0. The Labute approximate surface area is 151 Å². The molecule has 0 saturated carbocycles. The van der Waals surface area contributed by atoms with Crippen molar-refractivity contribution >= 4 is 16.9 Å². The van der Waals surface area contributed by atoms with Gasteiger partial charge in [0.15, 0.2) is 0 Å². The molecular formula is C22H18N2O2. The molecule has 1 N–H and O–H groups in total. The summed E-state index contributed by atoms with van der Waals surface area (Å²) in [5.74, 6) is -1.01. The minimum atomic E-state index is -1.01. The monoisotopic (exact) mass is 342 g/mol. The summed E-state index contributed by atoms with van der Waals surface area (Å²) in [5, 5.41) is 10.4. The highest BCUT2D eigenvalue weighted by Crippen LogP contribution is 2.29. The number of pyridine rings is 1. The highest BCUT2D eigenvalue weighted by molar-refractivity contribution is 5.88. The number of fused-ring (bicyclic) bond motifs is 1. The van der Waals surface area contributed by atoms with Gasteiger partial charge in [0.1, 0.15) is 5.69 Å². The summed E-state index contributed by atoms with van der Waals surface area (Å²) in [6.45, 7) is 2.59. The van der Waals surface area contributed by atoms with Crippen LogP contribution >= 0.6 is 0 Å². The van der Waals surface area contributed by atoms with Gasteiger partial charge >= 0.3 is 5.97 Å². The number of carboxylic acids is 1. The first-order chi connectivity index (χ1) is 12.6. The number of benzene rings is 2. The molecule has 0 atom stereocenters. The zero-order chi connectivity index (χ0) is 18.1. The van der Waals surface area contributed by atoms with E-state index in [4.69, 9.17) is 0 Å². The van der Waals surface area contributed by atoms with Crippen LogP contribution in [-0.2, 0) is 6.54 Å². The number of aryl methyl sites for hydroxylation is 1. The van der Waals surface area contributed by atoms with Crippen molar-refractivity contribution in [3.63, 3.8) is 0 Å². The van der Waals surface area contributed by atoms with Crippen LogP contribution in [0.15, 0.2) is 72.8 Å². The van der Waals surface area contributed by atoms with E-state index in [2.05, 4.69) is 52.9 Å². The Morgan fingerprint density at radius 1 is 1.00 bits per heavy atom. The van der Waals surface area contributed by atoms with E-state index in [-0.39, 0.29) is 5.69 Å². The van der Waals surface area contributed by atoms with Gasteiger partial charge in [-0.3, -0.25) is 0 Å². The van der Waals surface area contributed by atoms with Crippen molar-refractivity contribution in [2.24, 2.45) is 0 Å². The van der Waals surface area contributed by atoms with Gasteiger partial charge in [-0.25, -0.2) is 9.78 Å². The van der Waals surface area contributed by atoms with E-state index in [0.29, 0.717) is 6.54 Å². The molecular weight excluding hydrogens is 324 g/mol. The molecule has 0 unspecified atom stereocenters. The molecule has 4 aromatic rings. The minimum Gasteiger partial charge on any atom is -0.477 e. The van der Waals surface area contributed by atoms with Gasteiger partial charge in [-0.2, -0.15) is 0 Å². The Balaban J connectivity index is 1.87. The lowest BCUT2D eigenvalue weighted by Gasteiger charge is -2.11. The second kappa shape index (κ2) is 6.48. The fraction of sp³-hybridized carbons (Fsp3) is 0.0909. The molecule has 2 heterocycles. The molecule has 2 aromatic heterocycles. The van der Waals surface area contributed by atoms with Gasteiger partial charge in [-0.05, 0) is 42.8 Å². The van der Waals surface area contributed by atoms with Gasteiger partial charge < -0.3 is 9.67 Å². The number of carboxylic acid groups (broad SMARTS) is 1. The van der Waals surface area contributed by atoms with Gasteiger partial charge in [-0.1, -0.05) is 48.0 Å². The van der Waals surface area contributed by atoms with Crippen LogP contribution in [0.4, 0.5) is 0 Å². The Kier molecular flexibility index (Phi) is 4.01. The van der Waals surface area contributed by atoms with E-state index in [1.807, 2.05) is 24.3 Å². The highest BCUT2D eigenvalue weighted by Gasteiger charge is 2.13. The number of aromatic carboxylic acids is 1. The molecule has 0 aliphatic rings. The van der Waals surface area contributed by atoms with Crippen LogP contribution in [0.25, 0.3) is 22.2 Å². The fourth-order valence-electron chi connectivity index (χ4n) is 3.26. The average molecular weight is 342 g/mol. The van der Waals surface area contributed by atoms with Crippen LogP contribution in [0.5, 0.6) is 0 Å². The zero-order valence-electron chi connectivity index (χ0n) is 14.4. The minimum absolute atomic E-state index is 0.0658. The predicted octanol–water partition coefficient (Wildman–Crippen LogP) is 4.76. The first kappa shape index (κ1) is 16.1. The summed E-state index contributed by atoms with van der Waals surface area (Å²) < 4.78 is 2.19. The van der Waals surface area contributed by atoms with Crippen molar-refractivity contribution < 1.29 is 9.90 Å². The largest absolute Gasteiger partial charge is 0.477 e. The van der Waals surface area contributed by atoms with E-state index < -0.39 is 5.97 Å². The van der Waals surface area contributed by atoms with Crippen molar-refractivity contribution in [3.05, 3.63) is 89.7 Å². The summed E-state index contributed by atoms with van der Waals surface area (Å²) in [5.41, 5.74) is 5.32. The molecule has 0 amide bonds. The summed E-state index contributed by atoms with van der Waals surface area (Å²) >= 11 is 0. The number of carbonyl (C=O) groups is 1. The van der Waals surface area contributed by atoms with Gasteiger partial charge in [0.05, 0.1) is 12.2 Å². The Morgan fingerprint density at radius 3 is 2.58 bits per heavy atom. The molecule has 0 spiro atoms. The van der Waals surface area contributed by atoms with Crippen LogP contribution in [0, 0.1) is 6.92 Å². The van der Waals surface area contributed by atoms with E-state index in [1.54, 1.807) is 6.07 Å². The molecule has 2 aromatic carbocycles. The number of rotatable bonds is 4. The maximum absolute atomic E-state index is 11.2. The molecule has 0 radical (unpaired) electrons. The molecule has 26 heavy (non-hydrogen) atoms. The van der Waals surface area contributed by atoms with Gasteiger partial charge in [-0.15, -0.1) is 0 Å². The lowest BCUT2D eigenvalue weighted by Crippen LogP contribution is -2.07. The third-order valence-electron chi connectivity index (χ3n) is 4.47. The van der Waals surface area contributed by atoms with E-state index >= 15 is 0 Å². The van der Waals surface area contributed by atoms with Crippen molar-refractivity contribution in [2.75, 3.05) is 0 Å². The first-order valence-electron chi connectivity index (χ1n) is 8.46. The fourth-order valence-corrected chi connectivity index (χ4v) is 3.26. The summed E-state index contributed by atoms with van der Waals surface area (Å²) in [7, 11) is 0. The van der Waals surface area contributed by atoms with Gasteiger partial charge in [0.2, 0.25) is 0 Å². The smallest absolute Gasteiger partial charge is 0.354 e. The number of hydrogen-bond donors (Lipinski definition) is 1. The lowest BCUT2D eigenvalue weighted by molar-refractivity contribution is 0.0690. The topological polar surface area (TPSA) is 55.1 Å². The third kappa shape index (κ3) is 2.97. The second-order valence-electron chi connectivity index (χ2n) is 6.36. The molecule has 128 valence electrons. The van der Waals surface area contributed by atoms with Crippen LogP contribution in [-0.4, -0.2) is 20.6 Å². The summed E-state index contributed by atoms with van der Waals surface area (Å²) in [6, 6.07) is 23.9. The maximum Gasteiger partial charge on any atom is 0.354 e. The Hall–Kier alpha value is -3.40. The van der Waals surface area contributed by atoms with Crippen LogP contribution in [0.3, 0.4) is 0 Å². The van der Waals surface area contributed by atoms with Crippen molar-refractivity contribution in [3.8, 4) is 11.3 Å². The number of nitrogens with zero attached hydrogens (tertiary/aromatic N) is 2. The lowest BCUT2D eigenvalue weighted by atomic mass is 10.1. The van der Waals surface area contributed by atoms with E-state index in [9.17, 15) is 9.90 Å². The number of hydrogen-bond acceptors (Lipinski definition) is 2. The summed E-state index contributed by atoms with van der Waals surface area (Å²) in [4.78, 5) is 15.5. The molecule has 0 bridgehead atoms. The zero-order valence-corrected chi connectivity index (χ0v) is 14.4. The highest BCUT2D eigenvalue weighted by atomic mass is 16.4. The predicted molar refractivity (Wildman–Crippen MR) is 102 cm³/mol. The first-order valence-corrected chi connectivity index (χ1v) is 8.46. The molecule has 4 heteroatoms. The molecule has 4 rings (SSSR count). The number of aromatic nitrogens is 2. The normalized spacial score (nSPS) is 11.0. The van der Waals surface area contributed by atoms with Crippen LogP contribution in [0.2, 0.25) is 0 Å². The Morgan fingerprint density at radius 2 is 1.81 bits per heavy atom. The molecule has 0 aliphatic heterocycles. The molecule has 0 fully saturated rings. The Bertz CT molecular complexity index is 1100. The standard InChI is InChI=1S/C22H18N2O2/c1-15-10-11-20-17(12-15)13-21(16-6-3-2-4-7-16)24(20)14-18-8-5-9-19(23-18)22(25)26/h2-13H,14H2,1H3,(H,25,26). The molecule has 4 nitrogen and oxygen atoms in total. The van der Waals surface area contributed by atoms with Crippen LogP contribution < -0.4 is 0 Å². The molecule has 0 aliphatic carbocycles. The average Bonchev–Trinajstić information content (AvgIpc) is 3.00. The van der Waals surface area contributed by atoms with Crippen molar-refractivity contribution in [2.45, 2.75) is 13.5 Å². The van der Waals surface area contributed by atoms with Crippen molar-refractivity contribution in [1.29, 1.82) is 0 Å². The third-order valence-corrected chi connectivity index (χ3v) is 4.47. The second-order valence-corrected chi connectivity index (χ2v) is 6.36.